The van der Waals surface area contributed by atoms with Crippen molar-refractivity contribution in [2.24, 2.45) is 0 Å². The molecule has 0 atom stereocenters. The molecule has 2 aromatic heterocycles. The lowest BCUT2D eigenvalue weighted by Gasteiger charge is -2.30. The normalized spacial score (nSPS) is 17.4. The second kappa shape index (κ2) is 10.9. The molecular weight excluding hydrogens is 555 g/mol. The summed E-state index contributed by atoms with van der Waals surface area (Å²) >= 11 is 0. The number of halogens is 1. The minimum absolute atomic E-state index is 0.0261. The van der Waals surface area contributed by atoms with E-state index in [-0.39, 0.29) is 45.6 Å². The van der Waals surface area contributed by atoms with Crippen LogP contribution in [0.15, 0.2) is 69.2 Å². The molecule has 1 aliphatic rings. The molecule has 1 amide bonds. The zero-order valence-electron chi connectivity index (χ0n) is 21.9. The molecule has 1 aliphatic carbocycles. The van der Waals surface area contributed by atoms with Gasteiger partial charge in [-0.3, -0.25) is 14.2 Å². The number of hydrogen-bond acceptors (Lipinski definition) is 8. The Morgan fingerprint density at radius 3 is 2.51 bits per heavy atom. The highest BCUT2D eigenvalue weighted by Gasteiger charge is 2.29. The van der Waals surface area contributed by atoms with Crippen LogP contribution in [0.3, 0.4) is 0 Å². The van der Waals surface area contributed by atoms with Crippen LogP contribution in [-0.4, -0.2) is 51.0 Å². The summed E-state index contributed by atoms with van der Waals surface area (Å²) in [5.74, 6) is -1.51. The van der Waals surface area contributed by atoms with Crippen LogP contribution in [0.1, 0.15) is 47.6 Å². The first-order valence-electron chi connectivity index (χ1n) is 12.8. The van der Waals surface area contributed by atoms with Gasteiger partial charge < -0.3 is 15.5 Å². The van der Waals surface area contributed by atoms with Gasteiger partial charge in [-0.2, -0.15) is 0 Å². The Morgan fingerprint density at radius 1 is 1.10 bits per heavy atom. The average Bonchev–Trinajstić information content (AvgIpc) is 2.94. The number of pyridine rings is 1. The molecule has 0 aliphatic heterocycles. The SMILES string of the molecule is CS(=O)(=O)c1cccc(-n2c(=O)n([C@H]3CC[C@@H](NC(=O)c4cc(CO)ccc4O)CC3)c(=O)c3cc(F)cnc32)c1. The summed E-state index contributed by atoms with van der Waals surface area (Å²) in [4.78, 5) is 44.0. The molecule has 1 fully saturated rings. The summed E-state index contributed by atoms with van der Waals surface area (Å²) in [5, 5.41) is 22.1. The number of aromatic nitrogens is 3. The largest absolute Gasteiger partial charge is 0.507 e. The van der Waals surface area contributed by atoms with Crippen molar-refractivity contribution in [3.8, 4) is 11.4 Å². The summed E-state index contributed by atoms with van der Waals surface area (Å²) in [6, 6.07) is 9.99. The monoisotopic (exact) mass is 582 g/mol. The van der Waals surface area contributed by atoms with Crippen LogP contribution in [0.2, 0.25) is 0 Å². The van der Waals surface area contributed by atoms with Gasteiger partial charge in [0.25, 0.3) is 11.5 Å². The van der Waals surface area contributed by atoms with Crippen LogP contribution >= 0.6 is 0 Å². The van der Waals surface area contributed by atoms with Gasteiger partial charge in [-0.05, 0) is 67.6 Å². The molecule has 41 heavy (non-hydrogen) atoms. The summed E-state index contributed by atoms with van der Waals surface area (Å²) in [7, 11) is -3.61. The number of fused-ring (bicyclic) bond motifs is 1. The molecule has 5 rings (SSSR count). The number of amides is 1. The second-order valence-electron chi connectivity index (χ2n) is 10.1. The van der Waals surface area contributed by atoms with E-state index in [1.54, 1.807) is 0 Å². The van der Waals surface area contributed by atoms with E-state index in [4.69, 9.17) is 0 Å². The molecule has 11 nitrogen and oxygen atoms in total. The van der Waals surface area contributed by atoms with Gasteiger partial charge in [0.05, 0.1) is 34.3 Å². The number of benzene rings is 2. The van der Waals surface area contributed by atoms with Crippen molar-refractivity contribution in [1.29, 1.82) is 0 Å². The Kier molecular flexibility index (Phi) is 7.49. The summed E-state index contributed by atoms with van der Waals surface area (Å²) in [5.41, 5.74) is -0.915. The number of aliphatic hydroxyl groups excluding tert-OH is 1. The maximum atomic E-state index is 14.2. The topological polar surface area (TPSA) is 161 Å². The molecule has 4 aromatic rings. The fourth-order valence-electron chi connectivity index (χ4n) is 5.20. The Labute approximate surface area is 233 Å². The lowest BCUT2D eigenvalue weighted by Crippen LogP contribution is -2.45. The summed E-state index contributed by atoms with van der Waals surface area (Å²) in [6.07, 6.45) is 3.39. The predicted molar refractivity (Wildman–Crippen MR) is 147 cm³/mol. The van der Waals surface area contributed by atoms with E-state index in [1.807, 2.05) is 0 Å². The first kappa shape index (κ1) is 28.2. The highest BCUT2D eigenvalue weighted by Crippen LogP contribution is 2.28. The smallest absolute Gasteiger partial charge is 0.337 e. The molecule has 0 bridgehead atoms. The van der Waals surface area contributed by atoms with E-state index < -0.39 is 38.9 Å². The quantitative estimate of drug-likeness (QED) is 0.312. The third-order valence-corrected chi connectivity index (χ3v) is 8.39. The maximum absolute atomic E-state index is 14.2. The Bertz CT molecular complexity index is 1890. The van der Waals surface area contributed by atoms with Gasteiger partial charge in [-0.15, -0.1) is 0 Å². The van der Waals surface area contributed by atoms with Crippen molar-refractivity contribution < 1.29 is 27.8 Å². The van der Waals surface area contributed by atoms with Crippen LogP contribution in [0.5, 0.6) is 5.75 Å². The van der Waals surface area contributed by atoms with Gasteiger partial charge in [0.1, 0.15) is 11.6 Å². The van der Waals surface area contributed by atoms with Crippen molar-refractivity contribution in [2.75, 3.05) is 6.26 Å². The predicted octanol–water partition coefficient (Wildman–Crippen LogP) is 2.20. The number of sulfone groups is 1. The molecule has 13 heteroatoms. The van der Waals surface area contributed by atoms with Crippen LogP contribution in [0.25, 0.3) is 16.7 Å². The molecule has 2 heterocycles. The molecular formula is C28H27FN4O7S. The third kappa shape index (κ3) is 5.50. The van der Waals surface area contributed by atoms with Crippen molar-refractivity contribution in [3.63, 3.8) is 0 Å². The van der Waals surface area contributed by atoms with E-state index >= 15 is 0 Å². The minimum Gasteiger partial charge on any atom is -0.507 e. The van der Waals surface area contributed by atoms with Crippen LogP contribution in [-0.2, 0) is 16.4 Å². The van der Waals surface area contributed by atoms with Gasteiger partial charge >= 0.3 is 5.69 Å². The first-order chi connectivity index (χ1) is 19.5. The molecule has 2 aromatic carbocycles. The summed E-state index contributed by atoms with van der Waals surface area (Å²) in [6.45, 7) is -0.290. The van der Waals surface area contributed by atoms with E-state index in [2.05, 4.69) is 10.3 Å². The second-order valence-corrected chi connectivity index (χ2v) is 12.1. The molecule has 1 saturated carbocycles. The van der Waals surface area contributed by atoms with Crippen molar-refractivity contribution >= 4 is 26.8 Å². The zero-order chi connectivity index (χ0) is 29.5. The Balaban J connectivity index is 1.48. The molecule has 0 unspecified atom stereocenters. The molecule has 214 valence electrons. The minimum atomic E-state index is -3.61. The van der Waals surface area contributed by atoms with E-state index in [1.165, 1.54) is 42.5 Å². The Hall–Kier alpha value is -4.36. The molecule has 3 N–H and O–H groups in total. The van der Waals surface area contributed by atoms with Gasteiger partial charge in [0, 0.05) is 18.3 Å². The first-order valence-corrected chi connectivity index (χ1v) is 14.7. The number of carbonyl (C=O) groups excluding carboxylic acids is 1. The number of aliphatic hydroxyl groups is 1. The van der Waals surface area contributed by atoms with Crippen molar-refractivity contribution in [1.82, 2.24) is 19.4 Å². The number of nitrogens with one attached hydrogen (secondary N) is 1. The molecule has 0 radical (unpaired) electrons. The van der Waals surface area contributed by atoms with Crippen LogP contribution in [0, 0.1) is 5.82 Å². The van der Waals surface area contributed by atoms with Crippen molar-refractivity contribution in [2.45, 2.75) is 49.3 Å². The maximum Gasteiger partial charge on any atom is 0.337 e. The van der Waals surface area contributed by atoms with Gasteiger partial charge in [-0.25, -0.2) is 27.2 Å². The number of hydrogen-bond donors (Lipinski definition) is 3. The van der Waals surface area contributed by atoms with E-state index in [9.17, 15) is 37.4 Å². The summed E-state index contributed by atoms with van der Waals surface area (Å²) < 4.78 is 40.7. The van der Waals surface area contributed by atoms with Crippen LogP contribution < -0.4 is 16.6 Å². The van der Waals surface area contributed by atoms with E-state index in [0.717, 1.165) is 27.7 Å². The number of nitrogens with zero attached hydrogens (tertiary/aromatic N) is 3. The highest BCUT2D eigenvalue weighted by atomic mass is 32.2. The van der Waals surface area contributed by atoms with Crippen molar-refractivity contribution in [3.05, 3.63) is 92.5 Å². The van der Waals surface area contributed by atoms with Crippen LogP contribution in [0.4, 0.5) is 4.39 Å². The van der Waals surface area contributed by atoms with E-state index in [0.29, 0.717) is 31.2 Å². The van der Waals surface area contributed by atoms with Gasteiger partial charge in [0.2, 0.25) is 0 Å². The fraction of sp³-hybridized carbons (Fsp3) is 0.286. The Morgan fingerprint density at radius 2 is 1.83 bits per heavy atom. The lowest BCUT2D eigenvalue weighted by molar-refractivity contribution is 0.0919. The number of phenolic OH excluding ortho intramolecular Hbond substituents is 1. The van der Waals surface area contributed by atoms with Gasteiger partial charge in [-0.1, -0.05) is 12.1 Å². The average molecular weight is 583 g/mol. The van der Waals surface area contributed by atoms with Gasteiger partial charge in [0.15, 0.2) is 15.5 Å². The number of rotatable bonds is 6. The third-order valence-electron chi connectivity index (χ3n) is 7.28. The number of aromatic hydroxyl groups is 1. The fourth-order valence-corrected chi connectivity index (χ4v) is 5.86. The lowest BCUT2D eigenvalue weighted by atomic mass is 9.90. The highest BCUT2D eigenvalue weighted by molar-refractivity contribution is 7.90. The number of carbonyl (C=O) groups is 1. The molecule has 0 saturated heterocycles. The number of phenols is 1. The molecule has 0 spiro atoms. The standard InChI is InChI=1S/C28H27FN4O7S/c1-41(39,40)21-4-2-3-20(13-21)32-25-23(12-17(29)14-30-25)27(37)33(28(32)38)19-8-6-18(7-9-19)31-26(36)22-11-16(15-34)5-10-24(22)35/h2-5,10-14,18-19,34-35H,6-9,15H2,1H3,(H,31,36)/t18-,19+. The zero-order valence-corrected chi connectivity index (χ0v) is 22.8.